The molecule has 132 valence electrons. The average molecular weight is 348 g/mol. The van der Waals surface area contributed by atoms with Crippen LogP contribution in [0.15, 0.2) is 18.3 Å². The second kappa shape index (κ2) is 7.47. The van der Waals surface area contributed by atoms with Crippen molar-refractivity contribution in [3.8, 4) is 5.88 Å². The number of carbonyl (C=O) groups excluding carboxylic acids is 1. The third-order valence-corrected chi connectivity index (χ3v) is 3.26. The Kier molecular flexibility index (Phi) is 5.60. The van der Waals surface area contributed by atoms with Crippen molar-refractivity contribution in [2.45, 2.75) is 18.6 Å². The van der Waals surface area contributed by atoms with Crippen LogP contribution in [-0.4, -0.2) is 65.5 Å². The molecule has 1 fully saturated rings. The Morgan fingerprint density at radius 1 is 1.46 bits per heavy atom. The smallest absolute Gasteiger partial charge is 0.422 e. The summed E-state index contributed by atoms with van der Waals surface area (Å²) in [4.78, 5) is 28.4. The lowest BCUT2D eigenvalue weighted by molar-refractivity contribution is -0.154. The van der Waals surface area contributed by atoms with Crippen molar-refractivity contribution in [2.75, 3.05) is 26.4 Å². The first-order valence-electron chi connectivity index (χ1n) is 7.02. The number of hydrogen-bond acceptors (Lipinski definition) is 5. The van der Waals surface area contributed by atoms with Crippen LogP contribution in [0.5, 0.6) is 5.88 Å². The van der Waals surface area contributed by atoms with Gasteiger partial charge < -0.3 is 19.5 Å². The van der Waals surface area contributed by atoms with E-state index < -0.39 is 30.7 Å². The molecule has 0 spiro atoms. The average Bonchev–Trinajstić information content (AvgIpc) is 2.52. The molecule has 1 aliphatic rings. The van der Waals surface area contributed by atoms with Crippen molar-refractivity contribution < 1.29 is 37.3 Å². The van der Waals surface area contributed by atoms with Gasteiger partial charge in [-0.1, -0.05) is 0 Å². The minimum absolute atomic E-state index is 0.0689. The molecule has 1 aromatic heterocycles. The maximum atomic E-state index is 12.5. The number of hydrogen-bond donors (Lipinski definition) is 1. The Morgan fingerprint density at radius 2 is 2.21 bits per heavy atom. The first-order chi connectivity index (χ1) is 11.3. The van der Waals surface area contributed by atoms with E-state index in [0.717, 1.165) is 12.3 Å². The monoisotopic (exact) mass is 348 g/mol. The van der Waals surface area contributed by atoms with Crippen LogP contribution in [-0.2, 0) is 9.53 Å². The summed E-state index contributed by atoms with van der Waals surface area (Å²) < 4.78 is 46.2. The molecule has 2 heterocycles. The molecule has 1 unspecified atom stereocenters. The lowest BCUT2D eigenvalue weighted by Crippen LogP contribution is -2.49. The zero-order valence-electron chi connectivity index (χ0n) is 12.5. The normalized spacial score (nSPS) is 18.3. The van der Waals surface area contributed by atoms with Crippen molar-refractivity contribution in [2.24, 2.45) is 0 Å². The molecule has 1 atom stereocenters. The van der Waals surface area contributed by atoms with Crippen LogP contribution < -0.4 is 4.74 Å². The van der Waals surface area contributed by atoms with Gasteiger partial charge in [0, 0.05) is 24.4 Å². The van der Waals surface area contributed by atoms with Crippen molar-refractivity contribution in [3.05, 3.63) is 23.9 Å². The highest BCUT2D eigenvalue weighted by molar-refractivity contribution is 5.95. The van der Waals surface area contributed by atoms with E-state index >= 15 is 0 Å². The molecule has 1 amide bonds. The van der Waals surface area contributed by atoms with Crippen LogP contribution in [0.3, 0.4) is 0 Å². The summed E-state index contributed by atoms with van der Waals surface area (Å²) in [5.74, 6) is -1.92. The number of morpholine rings is 1. The summed E-state index contributed by atoms with van der Waals surface area (Å²) >= 11 is 0. The molecule has 2 rings (SSSR count). The fraction of sp³-hybridized carbons (Fsp3) is 0.500. The molecule has 1 aromatic rings. The van der Waals surface area contributed by atoms with Crippen molar-refractivity contribution >= 4 is 11.9 Å². The molecule has 10 heteroatoms. The number of rotatable bonds is 5. The van der Waals surface area contributed by atoms with Gasteiger partial charge >= 0.3 is 12.1 Å². The Balaban J connectivity index is 2.11. The van der Waals surface area contributed by atoms with Gasteiger partial charge in [-0.25, -0.2) is 4.98 Å². The number of aromatic nitrogens is 1. The maximum Gasteiger partial charge on any atom is 0.422 e. The Labute approximate surface area is 135 Å². The molecule has 1 N–H and O–H groups in total. The number of alkyl halides is 3. The zero-order valence-corrected chi connectivity index (χ0v) is 12.5. The topological polar surface area (TPSA) is 89.0 Å². The summed E-state index contributed by atoms with van der Waals surface area (Å²) in [6, 6.07) is 1.79. The van der Waals surface area contributed by atoms with Gasteiger partial charge in [-0.15, -0.1) is 0 Å². The number of carboxylic acid groups (broad SMARTS) is 1. The first kappa shape index (κ1) is 18.0. The van der Waals surface area contributed by atoms with Gasteiger partial charge in [0.15, 0.2) is 6.61 Å². The van der Waals surface area contributed by atoms with E-state index in [1.165, 1.54) is 11.0 Å². The van der Waals surface area contributed by atoms with Gasteiger partial charge in [-0.2, -0.15) is 13.2 Å². The second-order valence-electron chi connectivity index (χ2n) is 5.11. The Morgan fingerprint density at radius 3 is 2.88 bits per heavy atom. The predicted molar refractivity (Wildman–Crippen MR) is 73.7 cm³/mol. The van der Waals surface area contributed by atoms with Gasteiger partial charge in [0.25, 0.3) is 5.91 Å². The minimum Gasteiger partial charge on any atom is -0.481 e. The molecule has 0 aliphatic carbocycles. The number of amides is 1. The van der Waals surface area contributed by atoms with Gasteiger partial charge in [-0.3, -0.25) is 9.59 Å². The van der Waals surface area contributed by atoms with Crippen LogP contribution in [0, 0.1) is 0 Å². The largest absolute Gasteiger partial charge is 0.481 e. The quantitative estimate of drug-likeness (QED) is 0.864. The van der Waals surface area contributed by atoms with Gasteiger partial charge in [0.1, 0.15) is 0 Å². The van der Waals surface area contributed by atoms with E-state index in [9.17, 15) is 22.8 Å². The van der Waals surface area contributed by atoms with Crippen LogP contribution in [0.1, 0.15) is 16.8 Å². The highest BCUT2D eigenvalue weighted by atomic mass is 19.4. The van der Waals surface area contributed by atoms with E-state index in [1.54, 1.807) is 0 Å². The lowest BCUT2D eigenvalue weighted by Gasteiger charge is -2.34. The Bertz CT molecular complexity index is 608. The van der Waals surface area contributed by atoms with Crippen LogP contribution >= 0.6 is 0 Å². The van der Waals surface area contributed by atoms with Crippen LogP contribution in [0.25, 0.3) is 0 Å². The van der Waals surface area contributed by atoms with E-state index in [1.807, 2.05) is 0 Å². The molecular formula is C14H15F3N2O5. The summed E-state index contributed by atoms with van der Waals surface area (Å²) in [5.41, 5.74) is 0.0689. The van der Waals surface area contributed by atoms with Crippen molar-refractivity contribution in [3.63, 3.8) is 0 Å². The summed E-state index contributed by atoms with van der Waals surface area (Å²) in [5, 5.41) is 8.90. The number of ether oxygens (including phenoxy) is 2. The molecule has 0 radical (unpaired) electrons. The standard InChI is InChI=1S/C14H15F3N2O5/c15-14(16,17)8-24-11-5-9(1-2-18-11)13(22)19-3-4-23-7-10(19)6-12(20)21/h1-2,5,10H,3-4,6-8H2,(H,20,21). The van der Waals surface area contributed by atoms with E-state index in [0.29, 0.717) is 0 Å². The number of halogens is 3. The number of pyridine rings is 1. The SMILES string of the molecule is O=C(O)CC1COCCN1C(=O)c1ccnc(OCC(F)(F)F)c1. The Hall–Kier alpha value is -2.36. The lowest BCUT2D eigenvalue weighted by atomic mass is 10.1. The zero-order chi connectivity index (χ0) is 17.7. The van der Waals surface area contributed by atoms with Crippen molar-refractivity contribution in [1.82, 2.24) is 9.88 Å². The molecular weight excluding hydrogens is 333 g/mol. The van der Waals surface area contributed by atoms with E-state index in [4.69, 9.17) is 9.84 Å². The van der Waals surface area contributed by atoms with Crippen molar-refractivity contribution in [1.29, 1.82) is 0 Å². The molecule has 24 heavy (non-hydrogen) atoms. The third-order valence-electron chi connectivity index (χ3n) is 3.26. The van der Waals surface area contributed by atoms with E-state index in [2.05, 4.69) is 9.72 Å². The molecule has 7 nitrogen and oxygen atoms in total. The second-order valence-corrected chi connectivity index (χ2v) is 5.11. The highest BCUT2D eigenvalue weighted by Gasteiger charge is 2.31. The fourth-order valence-corrected chi connectivity index (χ4v) is 2.24. The van der Waals surface area contributed by atoms with Crippen LogP contribution in [0.4, 0.5) is 13.2 Å². The number of carbonyl (C=O) groups is 2. The molecule has 1 aliphatic heterocycles. The third kappa shape index (κ3) is 5.08. The first-order valence-corrected chi connectivity index (χ1v) is 7.02. The molecule has 0 bridgehead atoms. The summed E-state index contributed by atoms with van der Waals surface area (Å²) in [7, 11) is 0. The summed E-state index contributed by atoms with van der Waals surface area (Å²) in [6.07, 6.45) is -3.64. The van der Waals surface area contributed by atoms with Gasteiger partial charge in [-0.05, 0) is 6.07 Å². The number of aliphatic carboxylic acids is 1. The molecule has 0 saturated carbocycles. The van der Waals surface area contributed by atoms with E-state index in [-0.39, 0.29) is 37.6 Å². The molecule has 1 saturated heterocycles. The highest BCUT2D eigenvalue weighted by Crippen LogP contribution is 2.20. The summed E-state index contributed by atoms with van der Waals surface area (Å²) in [6.45, 7) is -0.986. The van der Waals surface area contributed by atoms with Crippen LogP contribution in [0.2, 0.25) is 0 Å². The molecule has 0 aromatic carbocycles. The maximum absolute atomic E-state index is 12.5. The predicted octanol–water partition coefficient (Wildman–Crippen LogP) is 1.34. The van der Waals surface area contributed by atoms with Gasteiger partial charge in [0.05, 0.1) is 25.7 Å². The van der Waals surface area contributed by atoms with Gasteiger partial charge in [0.2, 0.25) is 5.88 Å². The fourth-order valence-electron chi connectivity index (χ4n) is 2.24. The minimum atomic E-state index is -4.52. The number of carboxylic acids is 1. The number of nitrogens with zero attached hydrogens (tertiary/aromatic N) is 2.